The van der Waals surface area contributed by atoms with Crippen LogP contribution in [0.25, 0.3) is 21.8 Å². The Kier molecular flexibility index (Phi) is 4.09. The molecule has 3 aromatic rings. The fraction of sp³-hybridized carbons (Fsp3) is 0.200. The first kappa shape index (κ1) is 16.8. The van der Waals surface area contributed by atoms with Gasteiger partial charge in [-0.05, 0) is 31.0 Å². The van der Waals surface area contributed by atoms with E-state index in [0.29, 0.717) is 30.0 Å². The van der Waals surface area contributed by atoms with Gasteiger partial charge in [-0.25, -0.2) is 14.5 Å². The maximum Gasteiger partial charge on any atom is 0.280 e. The van der Waals surface area contributed by atoms with E-state index in [0.717, 1.165) is 23.4 Å². The Morgan fingerprint density at radius 2 is 1.93 bits per heavy atom. The van der Waals surface area contributed by atoms with Gasteiger partial charge in [0.15, 0.2) is 11.5 Å². The summed E-state index contributed by atoms with van der Waals surface area (Å²) >= 11 is 0. The molecule has 1 saturated heterocycles. The van der Waals surface area contributed by atoms with E-state index in [4.69, 9.17) is 6.57 Å². The van der Waals surface area contributed by atoms with Crippen LogP contribution in [0.5, 0.6) is 0 Å². The lowest BCUT2D eigenvalue weighted by Crippen LogP contribution is -2.24. The molecule has 0 spiro atoms. The van der Waals surface area contributed by atoms with Crippen molar-refractivity contribution in [1.82, 2.24) is 14.8 Å². The maximum absolute atomic E-state index is 12.9. The molecule has 7 nitrogen and oxygen atoms in total. The number of hydrogen-bond donors (Lipinski definition) is 1. The first-order valence-corrected chi connectivity index (χ1v) is 8.65. The Hall–Kier alpha value is -3.66. The fourth-order valence-corrected chi connectivity index (χ4v) is 3.34. The smallest absolute Gasteiger partial charge is 0.280 e. The Morgan fingerprint density at radius 3 is 2.52 bits per heavy atom. The van der Waals surface area contributed by atoms with Gasteiger partial charge in [0.05, 0.1) is 24.0 Å². The van der Waals surface area contributed by atoms with Gasteiger partial charge < -0.3 is 4.90 Å². The number of H-pyrrole nitrogens is 1. The van der Waals surface area contributed by atoms with Gasteiger partial charge in [0.25, 0.3) is 5.56 Å². The summed E-state index contributed by atoms with van der Waals surface area (Å²) in [4.78, 5) is 34.2. The standard InChI is InChI=1S/C20H17N5O2/c1-13-19(14-5-7-15(21-2)8-6-14)20(27)25(23-13)17-10-9-16(12-22-17)24-11-3-4-18(24)26/h5-10,12,23H,3-4,11H2,1H3. The number of pyridine rings is 1. The third-order valence-electron chi connectivity index (χ3n) is 4.70. The lowest BCUT2D eigenvalue weighted by Gasteiger charge is -2.15. The summed E-state index contributed by atoms with van der Waals surface area (Å²) < 4.78 is 1.39. The topological polar surface area (TPSA) is 75.3 Å². The van der Waals surface area contributed by atoms with Crippen molar-refractivity contribution >= 4 is 17.3 Å². The van der Waals surface area contributed by atoms with E-state index < -0.39 is 0 Å². The number of carbonyl (C=O) groups is 1. The molecule has 1 aromatic carbocycles. The largest absolute Gasteiger partial charge is 0.311 e. The van der Waals surface area contributed by atoms with Gasteiger partial charge in [0.2, 0.25) is 5.91 Å². The number of hydrogen-bond acceptors (Lipinski definition) is 3. The van der Waals surface area contributed by atoms with E-state index in [1.807, 2.05) is 6.92 Å². The number of nitrogens with zero attached hydrogens (tertiary/aromatic N) is 4. The van der Waals surface area contributed by atoms with E-state index in [2.05, 4.69) is 14.9 Å². The minimum absolute atomic E-state index is 0.0996. The second-order valence-electron chi connectivity index (χ2n) is 6.43. The molecule has 0 aliphatic carbocycles. The van der Waals surface area contributed by atoms with Gasteiger partial charge in [0, 0.05) is 18.7 Å². The van der Waals surface area contributed by atoms with Crippen molar-refractivity contribution in [3.63, 3.8) is 0 Å². The average molecular weight is 359 g/mol. The van der Waals surface area contributed by atoms with Gasteiger partial charge in [-0.1, -0.05) is 24.3 Å². The van der Waals surface area contributed by atoms with Crippen molar-refractivity contribution in [3.05, 3.63) is 70.1 Å². The minimum atomic E-state index is -0.208. The molecular weight excluding hydrogens is 342 g/mol. The van der Waals surface area contributed by atoms with Crippen LogP contribution in [0.15, 0.2) is 47.4 Å². The van der Waals surface area contributed by atoms with Gasteiger partial charge in [-0.2, -0.15) is 0 Å². The van der Waals surface area contributed by atoms with Crippen LogP contribution < -0.4 is 10.5 Å². The molecule has 1 fully saturated rings. The number of carbonyl (C=O) groups excluding carboxylic acids is 1. The molecule has 0 unspecified atom stereocenters. The van der Waals surface area contributed by atoms with Crippen LogP contribution in [0.4, 0.5) is 11.4 Å². The van der Waals surface area contributed by atoms with E-state index in [9.17, 15) is 9.59 Å². The molecule has 4 rings (SSSR count). The SMILES string of the molecule is [C-]#[N+]c1ccc(-c2c(C)[nH]n(-c3ccc(N4CCCC4=O)cn3)c2=O)cc1. The molecule has 1 aliphatic heterocycles. The quantitative estimate of drug-likeness (QED) is 0.730. The molecule has 0 saturated carbocycles. The molecule has 0 radical (unpaired) electrons. The summed E-state index contributed by atoms with van der Waals surface area (Å²) in [7, 11) is 0. The fourth-order valence-electron chi connectivity index (χ4n) is 3.34. The summed E-state index contributed by atoms with van der Waals surface area (Å²) in [6, 6.07) is 10.5. The molecule has 3 heterocycles. The summed E-state index contributed by atoms with van der Waals surface area (Å²) in [5.41, 5.74) is 3.08. The zero-order valence-electron chi connectivity index (χ0n) is 14.8. The van der Waals surface area contributed by atoms with Crippen LogP contribution in [-0.4, -0.2) is 27.2 Å². The normalized spacial score (nSPS) is 13.8. The van der Waals surface area contributed by atoms with Crippen LogP contribution >= 0.6 is 0 Å². The Bertz CT molecular complexity index is 1100. The number of aromatic amines is 1. The Morgan fingerprint density at radius 1 is 1.15 bits per heavy atom. The molecule has 1 N–H and O–H groups in total. The highest BCUT2D eigenvalue weighted by Crippen LogP contribution is 2.24. The van der Waals surface area contributed by atoms with Crippen LogP contribution in [-0.2, 0) is 4.79 Å². The number of aromatic nitrogens is 3. The van der Waals surface area contributed by atoms with Crippen molar-refractivity contribution in [1.29, 1.82) is 0 Å². The van der Waals surface area contributed by atoms with Crippen LogP contribution in [0.2, 0.25) is 0 Å². The predicted molar refractivity (Wildman–Crippen MR) is 102 cm³/mol. The highest BCUT2D eigenvalue weighted by Gasteiger charge is 2.22. The Balaban J connectivity index is 1.70. The molecule has 1 amide bonds. The third-order valence-corrected chi connectivity index (χ3v) is 4.70. The number of benzene rings is 1. The van der Waals surface area contributed by atoms with Crippen LogP contribution in [0.3, 0.4) is 0 Å². The summed E-state index contributed by atoms with van der Waals surface area (Å²) in [5, 5.41) is 3.05. The molecule has 27 heavy (non-hydrogen) atoms. The van der Waals surface area contributed by atoms with Crippen molar-refractivity contribution < 1.29 is 4.79 Å². The van der Waals surface area contributed by atoms with Crippen molar-refractivity contribution in [3.8, 4) is 16.9 Å². The Labute approximate surface area is 155 Å². The zero-order valence-corrected chi connectivity index (χ0v) is 14.8. The molecule has 7 heteroatoms. The highest BCUT2D eigenvalue weighted by atomic mass is 16.2. The van der Waals surface area contributed by atoms with Crippen LogP contribution in [0.1, 0.15) is 18.5 Å². The second kappa shape index (κ2) is 6.57. The first-order valence-electron chi connectivity index (χ1n) is 8.65. The number of aryl methyl sites for hydroxylation is 1. The van der Waals surface area contributed by atoms with Crippen molar-refractivity contribution in [2.24, 2.45) is 0 Å². The van der Waals surface area contributed by atoms with Gasteiger partial charge >= 0.3 is 0 Å². The molecule has 1 aliphatic rings. The highest BCUT2D eigenvalue weighted by molar-refractivity contribution is 5.95. The van der Waals surface area contributed by atoms with Gasteiger partial charge in [-0.15, -0.1) is 0 Å². The number of rotatable bonds is 3. The third kappa shape index (κ3) is 2.91. The number of anilines is 1. The molecule has 2 aromatic heterocycles. The van der Waals surface area contributed by atoms with E-state index in [1.54, 1.807) is 47.5 Å². The monoisotopic (exact) mass is 359 g/mol. The predicted octanol–water partition coefficient (Wildman–Crippen LogP) is 3.21. The molecule has 134 valence electrons. The van der Waals surface area contributed by atoms with Crippen molar-refractivity contribution in [2.45, 2.75) is 19.8 Å². The molecule has 0 atom stereocenters. The number of nitrogens with one attached hydrogen (secondary N) is 1. The minimum Gasteiger partial charge on any atom is -0.311 e. The average Bonchev–Trinajstić information content (AvgIpc) is 3.25. The van der Waals surface area contributed by atoms with Crippen molar-refractivity contribution in [2.75, 3.05) is 11.4 Å². The van der Waals surface area contributed by atoms with E-state index in [-0.39, 0.29) is 11.5 Å². The zero-order chi connectivity index (χ0) is 19.0. The lowest BCUT2D eigenvalue weighted by molar-refractivity contribution is -0.117. The van der Waals surface area contributed by atoms with E-state index in [1.165, 1.54) is 4.68 Å². The van der Waals surface area contributed by atoms with Gasteiger partial charge in [-0.3, -0.25) is 14.7 Å². The summed E-state index contributed by atoms with van der Waals surface area (Å²) in [5.74, 6) is 0.560. The van der Waals surface area contributed by atoms with Gasteiger partial charge in [0.1, 0.15) is 0 Å². The first-order chi connectivity index (χ1) is 13.1. The number of amides is 1. The maximum atomic E-state index is 12.9. The second-order valence-corrected chi connectivity index (χ2v) is 6.43. The summed E-state index contributed by atoms with van der Waals surface area (Å²) in [6.45, 7) is 9.56. The van der Waals surface area contributed by atoms with Crippen LogP contribution in [0, 0.1) is 13.5 Å². The lowest BCUT2D eigenvalue weighted by atomic mass is 10.1. The molecule has 0 bridgehead atoms. The molecular formula is C20H17N5O2. The summed E-state index contributed by atoms with van der Waals surface area (Å²) in [6.07, 6.45) is 3.03. The van der Waals surface area contributed by atoms with E-state index >= 15 is 0 Å².